The van der Waals surface area contributed by atoms with E-state index in [1.165, 1.54) is 10.0 Å². The van der Waals surface area contributed by atoms with Crippen LogP contribution in [0.2, 0.25) is 0 Å². The normalized spacial score (nSPS) is 10.0. The highest BCUT2D eigenvalue weighted by molar-refractivity contribution is 9.10. The van der Waals surface area contributed by atoms with Gasteiger partial charge < -0.3 is 9.80 Å². The van der Waals surface area contributed by atoms with E-state index in [0.717, 1.165) is 41.3 Å². The number of nitrogens with zero attached hydrogens (tertiary/aromatic N) is 2. The van der Waals surface area contributed by atoms with Crippen molar-refractivity contribution in [1.82, 2.24) is 9.80 Å². The Morgan fingerprint density at radius 2 is 1.00 bits per heavy atom. The van der Waals surface area contributed by atoms with Gasteiger partial charge in [0.25, 0.3) is 0 Å². The van der Waals surface area contributed by atoms with E-state index in [-0.39, 0.29) is 0 Å². The van der Waals surface area contributed by atoms with E-state index >= 15 is 0 Å². The number of hydrogen-bond acceptors (Lipinski definition) is 4. The maximum atomic E-state index is 10.6. The molecule has 0 spiro atoms. The lowest BCUT2D eigenvalue weighted by Gasteiger charge is -2.10. The third-order valence-corrected chi connectivity index (χ3v) is 5.64. The van der Waals surface area contributed by atoms with Crippen LogP contribution in [0.15, 0.2) is 81.7 Å². The molecule has 0 aliphatic rings. The smallest absolute Gasteiger partial charge is 0.151 e. The molecule has 0 atom stereocenters. The van der Waals surface area contributed by atoms with Gasteiger partial charge in [-0.3, -0.25) is 9.59 Å². The molecule has 0 aliphatic heterocycles. The Morgan fingerprint density at radius 3 is 1.44 bits per heavy atom. The molecule has 170 valence electrons. The maximum absolute atomic E-state index is 10.6. The number of hydrogen-bond donors (Lipinski definition) is 0. The molecule has 32 heavy (non-hydrogen) atoms. The first-order chi connectivity index (χ1) is 15.3. The number of rotatable bonds is 6. The van der Waals surface area contributed by atoms with Crippen LogP contribution in [0.4, 0.5) is 0 Å². The predicted molar refractivity (Wildman–Crippen MR) is 140 cm³/mol. The summed E-state index contributed by atoms with van der Waals surface area (Å²) >= 11 is 6.72. The molecular weight excluding hydrogens is 532 g/mol. The van der Waals surface area contributed by atoms with Gasteiger partial charge in [-0.1, -0.05) is 92.5 Å². The molecule has 6 heteroatoms. The molecule has 3 rings (SSSR count). The van der Waals surface area contributed by atoms with Gasteiger partial charge in [-0.2, -0.15) is 0 Å². The summed E-state index contributed by atoms with van der Waals surface area (Å²) < 4.78 is 2.04. The summed E-state index contributed by atoms with van der Waals surface area (Å²) in [6.07, 6.45) is 1.73. The van der Waals surface area contributed by atoms with Crippen LogP contribution >= 0.6 is 31.9 Å². The first-order valence-corrected chi connectivity index (χ1v) is 11.6. The highest BCUT2D eigenvalue weighted by atomic mass is 79.9. The predicted octanol–water partition coefficient (Wildman–Crippen LogP) is 6.33. The van der Waals surface area contributed by atoms with Crippen molar-refractivity contribution < 1.29 is 9.59 Å². The molecule has 3 aromatic rings. The quantitative estimate of drug-likeness (QED) is 0.330. The minimum atomic E-state index is 0.692. The number of halogens is 2. The molecule has 0 saturated heterocycles. The van der Waals surface area contributed by atoms with E-state index in [4.69, 9.17) is 0 Å². The largest absolute Gasteiger partial charge is 0.305 e. The van der Waals surface area contributed by atoms with E-state index in [1.54, 1.807) is 6.07 Å². The first-order valence-electron chi connectivity index (χ1n) is 10.0. The van der Waals surface area contributed by atoms with Gasteiger partial charge in [0, 0.05) is 33.2 Å². The number of aldehydes is 2. The van der Waals surface area contributed by atoms with Gasteiger partial charge in [-0.05, 0) is 51.5 Å². The van der Waals surface area contributed by atoms with Gasteiger partial charge in [0.05, 0.1) is 0 Å². The SMILES string of the molecule is CN(C)Cc1ccccc1Br.CN(C)Cc1ccccc1C=O.O=Cc1ccccc1Br. The average Bonchev–Trinajstić information content (AvgIpc) is 2.76. The van der Waals surface area contributed by atoms with Crippen molar-refractivity contribution in [1.29, 1.82) is 0 Å². The van der Waals surface area contributed by atoms with E-state index in [2.05, 4.69) is 69.1 Å². The molecular formula is C26H30Br2N2O2. The summed E-state index contributed by atoms with van der Waals surface area (Å²) in [5.41, 5.74) is 3.89. The van der Waals surface area contributed by atoms with Crippen molar-refractivity contribution in [2.24, 2.45) is 0 Å². The second kappa shape index (κ2) is 15.6. The van der Waals surface area contributed by atoms with Crippen molar-refractivity contribution in [3.8, 4) is 0 Å². The summed E-state index contributed by atoms with van der Waals surface area (Å²) in [5.74, 6) is 0. The number of benzene rings is 3. The number of carbonyl (C=O) groups is 2. The third kappa shape index (κ3) is 11.0. The lowest BCUT2D eigenvalue weighted by atomic mass is 10.1. The zero-order valence-corrected chi connectivity index (χ0v) is 22.1. The van der Waals surface area contributed by atoms with E-state index in [9.17, 15) is 9.59 Å². The van der Waals surface area contributed by atoms with Crippen molar-refractivity contribution in [2.75, 3.05) is 28.2 Å². The van der Waals surface area contributed by atoms with Crippen molar-refractivity contribution in [2.45, 2.75) is 13.1 Å². The Kier molecular flexibility index (Phi) is 13.6. The molecule has 4 nitrogen and oxygen atoms in total. The van der Waals surface area contributed by atoms with Gasteiger partial charge in [-0.25, -0.2) is 0 Å². The molecule has 0 N–H and O–H groups in total. The van der Waals surface area contributed by atoms with Crippen molar-refractivity contribution in [3.05, 3.63) is 104 Å². The molecule has 0 aromatic heterocycles. The van der Waals surface area contributed by atoms with Crippen LogP contribution in [0.25, 0.3) is 0 Å². The molecule has 3 aromatic carbocycles. The second-order valence-corrected chi connectivity index (χ2v) is 9.23. The molecule has 0 saturated carbocycles. The summed E-state index contributed by atoms with van der Waals surface area (Å²) in [7, 11) is 8.11. The van der Waals surface area contributed by atoms with Crippen LogP contribution in [0.1, 0.15) is 31.8 Å². The first kappa shape index (κ1) is 27.9. The number of carbonyl (C=O) groups excluding carboxylic acids is 2. The summed E-state index contributed by atoms with van der Waals surface area (Å²) in [6, 6.07) is 23.2. The zero-order valence-electron chi connectivity index (χ0n) is 19.0. The molecule has 0 bridgehead atoms. The lowest BCUT2D eigenvalue weighted by Crippen LogP contribution is -2.12. The Labute approximate surface area is 208 Å². The summed E-state index contributed by atoms with van der Waals surface area (Å²) in [5, 5.41) is 0. The van der Waals surface area contributed by atoms with Crippen LogP contribution in [-0.4, -0.2) is 50.6 Å². The standard InChI is InChI=1S/C10H13NO.C9H12BrN.C7H5BrO/c1-11(2)7-9-5-3-4-6-10(9)8-12;1-11(2)7-8-5-3-4-6-9(8)10;8-7-4-2-1-3-6(7)5-9/h3-6,8H,7H2,1-2H3;3-6H,7H2,1-2H3;1-5H. The van der Waals surface area contributed by atoms with E-state index in [1.807, 2.05) is 67.5 Å². The fourth-order valence-electron chi connectivity index (χ4n) is 2.67. The maximum Gasteiger partial charge on any atom is 0.151 e. The summed E-state index contributed by atoms with van der Waals surface area (Å²) in [6.45, 7) is 1.80. The van der Waals surface area contributed by atoms with Gasteiger partial charge in [0.2, 0.25) is 0 Å². The molecule has 0 radical (unpaired) electrons. The highest BCUT2D eigenvalue weighted by Crippen LogP contribution is 2.16. The fraction of sp³-hybridized carbons (Fsp3) is 0.231. The Hall–Kier alpha value is -2.12. The zero-order chi connectivity index (χ0) is 23.9. The molecule has 0 fully saturated rings. The van der Waals surface area contributed by atoms with Gasteiger partial charge in [-0.15, -0.1) is 0 Å². The molecule has 0 aliphatic carbocycles. The Morgan fingerprint density at radius 1 is 0.594 bits per heavy atom. The monoisotopic (exact) mass is 560 g/mol. The summed E-state index contributed by atoms with van der Waals surface area (Å²) in [4.78, 5) is 25.0. The minimum Gasteiger partial charge on any atom is -0.305 e. The van der Waals surface area contributed by atoms with Crippen LogP contribution in [0.3, 0.4) is 0 Å². The van der Waals surface area contributed by atoms with Crippen molar-refractivity contribution in [3.63, 3.8) is 0 Å². The van der Waals surface area contributed by atoms with Crippen LogP contribution < -0.4 is 0 Å². The lowest BCUT2D eigenvalue weighted by molar-refractivity contribution is 0.111. The van der Waals surface area contributed by atoms with Gasteiger partial charge in [0.1, 0.15) is 6.29 Å². The highest BCUT2D eigenvalue weighted by Gasteiger charge is 2.00. The van der Waals surface area contributed by atoms with Gasteiger partial charge in [0.15, 0.2) is 6.29 Å². The van der Waals surface area contributed by atoms with Crippen molar-refractivity contribution >= 4 is 44.4 Å². The molecule has 0 heterocycles. The van der Waals surface area contributed by atoms with E-state index in [0.29, 0.717) is 5.56 Å². The average molecular weight is 562 g/mol. The Bertz CT molecular complexity index is 975. The van der Waals surface area contributed by atoms with Crippen LogP contribution in [-0.2, 0) is 13.1 Å². The Balaban J connectivity index is 0.000000242. The van der Waals surface area contributed by atoms with Crippen LogP contribution in [0, 0.1) is 0 Å². The van der Waals surface area contributed by atoms with Crippen LogP contribution in [0.5, 0.6) is 0 Å². The second-order valence-electron chi connectivity index (χ2n) is 7.52. The third-order valence-electron chi connectivity index (χ3n) is 4.15. The minimum absolute atomic E-state index is 0.692. The molecule has 0 amide bonds. The molecule has 0 unspecified atom stereocenters. The van der Waals surface area contributed by atoms with Gasteiger partial charge >= 0.3 is 0 Å². The topological polar surface area (TPSA) is 40.6 Å². The fourth-order valence-corrected chi connectivity index (χ4v) is 3.46. The van der Waals surface area contributed by atoms with E-state index < -0.39 is 0 Å².